The Balaban J connectivity index is 1.98. The van der Waals surface area contributed by atoms with Gasteiger partial charge in [0.15, 0.2) is 9.84 Å². The predicted molar refractivity (Wildman–Crippen MR) is 142 cm³/mol. The monoisotopic (exact) mass is 580 g/mol. The number of ether oxygens (including phenoxy) is 1. The summed E-state index contributed by atoms with van der Waals surface area (Å²) >= 11 is 0. The van der Waals surface area contributed by atoms with Crippen molar-refractivity contribution in [3.63, 3.8) is 0 Å². The lowest BCUT2D eigenvalue weighted by Crippen LogP contribution is -2.47. The number of nitrogens with one attached hydrogen (secondary N) is 1. The fraction of sp³-hybridized carbons (Fsp3) is 0.577. The van der Waals surface area contributed by atoms with Crippen molar-refractivity contribution in [3.05, 3.63) is 29.8 Å². The zero-order chi connectivity index (χ0) is 30.0. The Morgan fingerprint density at radius 1 is 1.10 bits per heavy atom. The average Bonchev–Trinajstić information content (AvgIpc) is 3.22. The number of amides is 4. The van der Waals surface area contributed by atoms with Crippen LogP contribution in [0, 0.1) is 0 Å². The van der Waals surface area contributed by atoms with Crippen LogP contribution >= 0.6 is 0 Å². The van der Waals surface area contributed by atoms with Crippen LogP contribution in [0.1, 0.15) is 50.4 Å². The van der Waals surface area contributed by atoms with E-state index in [4.69, 9.17) is 4.74 Å². The molecule has 0 saturated carbocycles. The minimum absolute atomic E-state index is 0.00466. The quantitative estimate of drug-likeness (QED) is 0.512. The molecule has 0 aromatic heterocycles. The van der Waals surface area contributed by atoms with Crippen molar-refractivity contribution in [2.75, 3.05) is 32.9 Å². The van der Waals surface area contributed by atoms with Gasteiger partial charge in [0.1, 0.15) is 11.6 Å². The zero-order valence-corrected chi connectivity index (χ0v) is 24.1. The van der Waals surface area contributed by atoms with Crippen LogP contribution in [-0.2, 0) is 29.0 Å². The number of benzene rings is 1. The minimum atomic E-state index is -4.05. The maximum Gasteiger partial charge on any atom is 0.407 e. The van der Waals surface area contributed by atoms with Crippen molar-refractivity contribution in [3.8, 4) is 0 Å². The number of alkyl carbamates (subject to hydrolysis) is 1. The predicted octanol–water partition coefficient (Wildman–Crippen LogP) is 0.732. The summed E-state index contributed by atoms with van der Waals surface area (Å²) in [5, 5.41) is 12.4. The van der Waals surface area contributed by atoms with Crippen molar-refractivity contribution < 1.29 is 42.2 Å². The lowest BCUT2D eigenvalue weighted by molar-refractivity contribution is -0.143. The lowest BCUT2D eigenvalue weighted by Gasteiger charge is -2.28. The Hall–Kier alpha value is -3.68. The van der Waals surface area contributed by atoms with E-state index in [1.54, 1.807) is 20.8 Å². The van der Waals surface area contributed by atoms with Gasteiger partial charge in [-0.25, -0.2) is 18.0 Å². The molecule has 3 atom stereocenters. The first-order valence-corrected chi connectivity index (χ1v) is 14.5. The van der Waals surface area contributed by atoms with Gasteiger partial charge in [0, 0.05) is 38.7 Å². The average molecular weight is 581 g/mol. The van der Waals surface area contributed by atoms with Gasteiger partial charge in [0.05, 0.1) is 23.2 Å². The second-order valence-corrected chi connectivity index (χ2v) is 13.2. The molecule has 0 unspecified atom stereocenters. The van der Waals surface area contributed by atoms with Crippen molar-refractivity contribution in [2.24, 2.45) is 0 Å². The number of carboxylic acids is 1. The van der Waals surface area contributed by atoms with Crippen LogP contribution in [0.4, 0.5) is 4.79 Å². The topological polar surface area (TPSA) is 171 Å². The Kier molecular flexibility index (Phi) is 9.12. The number of carboxylic acid groups (broad SMARTS) is 1. The summed E-state index contributed by atoms with van der Waals surface area (Å²) < 4.78 is 32.2. The van der Waals surface area contributed by atoms with E-state index < -0.39 is 69.1 Å². The van der Waals surface area contributed by atoms with Crippen molar-refractivity contribution in [1.29, 1.82) is 0 Å². The molecule has 1 saturated heterocycles. The number of carbonyl (C=O) groups excluding carboxylic acids is 4. The molecule has 40 heavy (non-hydrogen) atoms. The molecule has 2 bridgehead atoms. The van der Waals surface area contributed by atoms with Crippen LogP contribution in [0.15, 0.2) is 29.2 Å². The number of likely N-dealkylation sites (N-methyl/N-ethyl adjacent to an activating group) is 2. The summed E-state index contributed by atoms with van der Waals surface area (Å²) in [5.41, 5.74) is -0.793. The molecule has 220 valence electrons. The summed E-state index contributed by atoms with van der Waals surface area (Å²) in [4.78, 5) is 66.7. The Labute approximate surface area is 233 Å². The molecule has 2 heterocycles. The summed E-state index contributed by atoms with van der Waals surface area (Å²) in [6, 6.07) is 2.49. The smallest absolute Gasteiger partial charge is 0.407 e. The van der Waals surface area contributed by atoms with Gasteiger partial charge in [-0.1, -0.05) is 6.07 Å². The van der Waals surface area contributed by atoms with Gasteiger partial charge < -0.3 is 29.9 Å². The second kappa shape index (κ2) is 11.8. The third-order valence-corrected chi connectivity index (χ3v) is 8.61. The Morgan fingerprint density at radius 3 is 2.40 bits per heavy atom. The normalized spacial score (nSPS) is 24.5. The number of hydrogen-bond acceptors (Lipinski definition) is 8. The number of sulfone groups is 1. The molecule has 13 nitrogen and oxygen atoms in total. The summed E-state index contributed by atoms with van der Waals surface area (Å²) in [6.07, 6.45) is -1.02. The first-order chi connectivity index (χ1) is 18.5. The van der Waals surface area contributed by atoms with E-state index >= 15 is 0 Å². The van der Waals surface area contributed by atoms with E-state index in [1.807, 2.05) is 0 Å². The van der Waals surface area contributed by atoms with Gasteiger partial charge in [0.25, 0.3) is 5.91 Å². The lowest BCUT2D eigenvalue weighted by atomic mass is 10.1. The summed E-state index contributed by atoms with van der Waals surface area (Å²) in [5.74, 6) is -3.56. The molecule has 1 aromatic carbocycles. The SMILES string of the molecule is CN1CC(=O)N2C[C@H](NC(=O)OC(C)(C)C)C[C@H]2CS(=O)(=O)c2cccc(c2)C(=O)N(C)[C@H](C(=O)O)CCC1=O. The highest BCUT2D eigenvalue weighted by atomic mass is 32.2. The fourth-order valence-corrected chi connectivity index (χ4v) is 6.40. The molecule has 1 aromatic rings. The van der Waals surface area contributed by atoms with Crippen molar-refractivity contribution in [2.45, 2.75) is 68.7 Å². The Morgan fingerprint density at radius 2 is 1.77 bits per heavy atom. The number of carbonyl (C=O) groups is 5. The maximum absolute atomic E-state index is 13.5. The third kappa shape index (κ3) is 7.49. The third-order valence-electron chi connectivity index (χ3n) is 6.81. The van der Waals surface area contributed by atoms with Crippen molar-refractivity contribution >= 4 is 39.6 Å². The first kappa shape index (κ1) is 30.9. The van der Waals surface area contributed by atoms with E-state index in [9.17, 15) is 37.5 Å². The fourth-order valence-electron chi connectivity index (χ4n) is 4.79. The van der Waals surface area contributed by atoms with Crippen LogP contribution in [0.3, 0.4) is 0 Å². The Bertz CT molecular complexity index is 1290. The van der Waals surface area contributed by atoms with Gasteiger partial charge >= 0.3 is 12.1 Å². The molecular weight excluding hydrogens is 544 g/mol. The van der Waals surface area contributed by atoms with E-state index in [2.05, 4.69) is 5.32 Å². The molecule has 2 aliphatic rings. The molecule has 14 heteroatoms. The molecule has 0 spiro atoms. The molecule has 3 rings (SSSR count). The number of fused-ring (bicyclic) bond motifs is 3. The summed E-state index contributed by atoms with van der Waals surface area (Å²) in [7, 11) is -1.38. The molecule has 1 fully saturated rings. The van der Waals surface area contributed by atoms with E-state index in [1.165, 1.54) is 43.3 Å². The largest absolute Gasteiger partial charge is 0.480 e. The van der Waals surface area contributed by atoms with Crippen LogP contribution in [0.2, 0.25) is 0 Å². The summed E-state index contributed by atoms with van der Waals surface area (Å²) in [6.45, 7) is 4.73. The van der Waals surface area contributed by atoms with Crippen LogP contribution in [0.5, 0.6) is 0 Å². The van der Waals surface area contributed by atoms with Crippen LogP contribution in [-0.4, -0.2) is 115 Å². The second-order valence-electron chi connectivity index (χ2n) is 11.1. The molecular formula is C26H36N4O9S. The molecule has 0 aliphatic carbocycles. The number of nitrogens with zero attached hydrogens (tertiary/aromatic N) is 3. The molecule has 2 N–H and O–H groups in total. The van der Waals surface area contributed by atoms with E-state index in [-0.39, 0.29) is 42.8 Å². The zero-order valence-electron chi connectivity index (χ0n) is 23.2. The highest BCUT2D eigenvalue weighted by Crippen LogP contribution is 2.25. The molecule has 0 radical (unpaired) electrons. The highest BCUT2D eigenvalue weighted by Gasteiger charge is 2.40. The van der Waals surface area contributed by atoms with Gasteiger partial charge in [-0.3, -0.25) is 14.4 Å². The highest BCUT2D eigenvalue weighted by molar-refractivity contribution is 7.91. The van der Waals surface area contributed by atoms with Gasteiger partial charge in [0.2, 0.25) is 11.8 Å². The van der Waals surface area contributed by atoms with Gasteiger partial charge in [-0.15, -0.1) is 0 Å². The molecule has 2 aliphatic heterocycles. The first-order valence-electron chi connectivity index (χ1n) is 12.8. The van der Waals surface area contributed by atoms with Gasteiger partial charge in [-0.05, 0) is 51.8 Å². The standard InChI is InChI=1S/C26H36N4O9S/c1-26(2,3)39-25(36)27-17-12-18-15-40(37,38)19-8-6-7-16(11-19)23(33)29(5)20(24(34)35)9-10-21(31)28(4)14-22(32)30(18)13-17/h6-8,11,17-18,20H,9-10,12-15H2,1-5H3,(H,27,36)(H,34,35)/t17-,18+,20+/m1/s1. The minimum Gasteiger partial charge on any atom is -0.480 e. The van der Waals surface area contributed by atoms with Crippen LogP contribution < -0.4 is 5.32 Å². The van der Waals surface area contributed by atoms with Crippen LogP contribution in [0.25, 0.3) is 0 Å². The van der Waals surface area contributed by atoms with E-state index in [0.29, 0.717) is 0 Å². The van der Waals surface area contributed by atoms with E-state index in [0.717, 1.165) is 9.80 Å². The number of hydrogen-bond donors (Lipinski definition) is 2. The maximum atomic E-state index is 13.5. The van der Waals surface area contributed by atoms with Gasteiger partial charge in [-0.2, -0.15) is 0 Å². The number of rotatable bonds is 2. The number of aliphatic carboxylic acids is 1. The van der Waals surface area contributed by atoms with Crippen molar-refractivity contribution in [1.82, 2.24) is 20.0 Å². The molecule has 4 amide bonds.